The summed E-state index contributed by atoms with van der Waals surface area (Å²) < 4.78 is 10.7. The summed E-state index contributed by atoms with van der Waals surface area (Å²) in [5.74, 6) is 0.190. The second-order valence-electron chi connectivity index (χ2n) is 5.48. The van der Waals surface area contributed by atoms with Crippen LogP contribution >= 0.6 is 15.9 Å². The molecule has 0 saturated heterocycles. The van der Waals surface area contributed by atoms with Gasteiger partial charge in [0.25, 0.3) is 0 Å². The smallest absolute Gasteiger partial charge is 0.307 e. The van der Waals surface area contributed by atoms with E-state index < -0.39 is 6.04 Å². The number of rotatable bonds is 7. The molecule has 2 rings (SSSR count). The van der Waals surface area contributed by atoms with E-state index in [2.05, 4.69) is 21.2 Å². The van der Waals surface area contributed by atoms with Gasteiger partial charge in [-0.2, -0.15) is 0 Å². The predicted octanol–water partition coefficient (Wildman–Crippen LogP) is 3.42. The van der Waals surface area contributed by atoms with Crippen molar-refractivity contribution < 1.29 is 19.1 Å². The molecule has 1 unspecified atom stereocenters. The van der Waals surface area contributed by atoms with Crippen molar-refractivity contribution in [2.75, 3.05) is 14.2 Å². The summed E-state index contributed by atoms with van der Waals surface area (Å²) in [6, 6.07) is 14.3. The van der Waals surface area contributed by atoms with E-state index in [1.54, 1.807) is 7.11 Å². The molecule has 25 heavy (non-hydrogen) atoms. The third-order valence-corrected chi connectivity index (χ3v) is 4.20. The zero-order chi connectivity index (χ0) is 18.2. The van der Waals surface area contributed by atoms with Crippen LogP contribution in [0.4, 0.5) is 0 Å². The number of halogens is 1. The Kier molecular flexibility index (Phi) is 7.01. The molecule has 0 fully saturated rings. The molecule has 0 saturated carbocycles. The first kappa shape index (κ1) is 19.0. The van der Waals surface area contributed by atoms with E-state index in [0.29, 0.717) is 0 Å². The number of benzene rings is 2. The second-order valence-corrected chi connectivity index (χ2v) is 6.40. The van der Waals surface area contributed by atoms with Crippen LogP contribution in [0.2, 0.25) is 0 Å². The summed E-state index contributed by atoms with van der Waals surface area (Å²) in [4.78, 5) is 24.1. The average Bonchev–Trinajstić information content (AvgIpc) is 2.61. The van der Waals surface area contributed by atoms with Crippen molar-refractivity contribution >= 4 is 27.8 Å². The first-order valence-corrected chi connectivity index (χ1v) is 8.55. The van der Waals surface area contributed by atoms with Gasteiger partial charge in [0, 0.05) is 4.47 Å². The maximum absolute atomic E-state index is 12.4. The summed E-state index contributed by atoms with van der Waals surface area (Å²) in [6.07, 6.45) is 0.289. The molecule has 0 aliphatic rings. The highest BCUT2D eigenvalue weighted by molar-refractivity contribution is 9.10. The van der Waals surface area contributed by atoms with Gasteiger partial charge in [0.15, 0.2) is 0 Å². The minimum absolute atomic E-state index is 0.0707. The number of esters is 1. The standard InChI is InChI=1S/C19H20BrNO4/c1-24-16-8-6-13(7-9-16)10-18(22)21-17(12-19(23)25-2)14-4-3-5-15(20)11-14/h3-9,11,17H,10,12H2,1-2H3,(H,21,22). The lowest BCUT2D eigenvalue weighted by Gasteiger charge is -2.18. The van der Waals surface area contributed by atoms with Gasteiger partial charge in [0.2, 0.25) is 5.91 Å². The molecule has 1 N–H and O–H groups in total. The van der Waals surface area contributed by atoms with Crippen molar-refractivity contribution in [3.05, 3.63) is 64.1 Å². The maximum Gasteiger partial charge on any atom is 0.307 e. The fraction of sp³-hybridized carbons (Fsp3) is 0.263. The molecule has 1 atom stereocenters. The lowest BCUT2D eigenvalue weighted by atomic mass is 10.0. The van der Waals surface area contributed by atoms with Gasteiger partial charge < -0.3 is 14.8 Å². The van der Waals surface area contributed by atoms with E-state index in [0.717, 1.165) is 21.3 Å². The zero-order valence-electron chi connectivity index (χ0n) is 14.1. The van der Waals surface area contributed by atoms with Gasteiger partial charge in [-0.1, -0.05) is 40.2 Å². The second kappa shape index (κ2) is 9.22. The number of carbonyl (C=O) groups is 2. The number of methoxy groups -OCH3 is 2. The van der Waals surface area contributed by atoms with Crippen LogP contribution in [-0.4, -0.2) is 26.1 Å². The highest BCUT2D eigenvalue weighted by Crippen LogP contribution is 2.22. The molecule has 0 bridgehead atoms. The van der Waals surface area contributed by atoms with Gasteiger partial charge in [-0.25, -0.2) is 0 Å². The predicted molar refractivity (Wildman–Crippen MR) is 98.4 cm³/mol. The Morgan fingerprint density at radius 3 is 2.44 bits per heavy atom. The number of hydrogen-bond acceptors (Lipinski definition) is 4. The Bertz CT molecular complexity index is 730. The molecule has 132 valence electrons. The molecule has 1 amide bonds. The molecule has 0 aliphatic heterocycles. The van der Waals surface area contributed by atoms with Crippen molar-refractivity contribution in [2.45, 2.75) is 18.9 Å². The molecule has 0 aliphatic carbocycles. The quantitative estimate of drug-likeness (QED) is 0.716. The minimum Gasteiger partial charge on any atom is -0.497 e. The summed E-state index contributed by atoms with van der Waals surface area (Å²) in [6.45, 7) is 0. The lowest BCUT2D eigenvalue weighted by Crippen LogP contribution is -2.31. The molecule has 0 heterocycles. The van der Waals surface area contributed by atoms with E-state index in [-0.39, 0.29) is 24.7 Å². The van der Waals surface area contributed by atoms with E-state index in [4.69, 9.17) is 9.47 Å². The average molecular weight is 406 g/mol. The summed E-state index contributed by atoms with van der Waals surface area (Å²) in [7, 11) is 2.93. The van der Waals surface area contributed by atoms with E-state index in [1.165, 1.54) is 7.11 Å². The van der Waals surface area contributed by atoms with E-state index in [9.17, 15) is 9.59 Å². The molecule has 0 radical (unpaired) electrons. The number of ether oxygens (including phenoxy) is 2. The van der Waals surface area contributed by atoms with Crippen LogP contribution in [0.3, 0.4) is 0 Å². The highest BCUT2D eigenvalue weighted by atomic mass is 79.9. The van der Waals surface area contributed by atoms with Gasteiger partial charge >= 0.3 is 5.97 Å². The van der Waals surface area contributed by atoms with Crippen molar-refractivity contribution in [2.24, 2.45) is 0 Å². The number of hydrogen-bond donors (Lipinski definition) is 1. The number of carbonyl (C=O) groups excluding carboxylic acids is 2. The largest absolute Gasteiger partial charge is 0.497 e. The lowest BCUT2D eigenvalue weighted by molar-refractivity contribution is -0.141. The minimum atomic E-state index is -0.448. The molecule has 0 aromatic heterocycles. The van der Waals surface area contributed by atoms with Crippen molar-refractivity contribution in [3.8, 4) is 5.75 Å². The SMILES string of the molecule is COC(=O)CC(NC(=O)Cc1ccc(OC)cc1)c1cccc(Br)c1. The highest BCUT2D eigenvalue weighted by Gasteiger charge is 2.19. The van der Waals surface area contributed by atoms with Crippen molar-refractivity contribution in [3.63, 3.8) is 0 Å². The van der Waals surface area contributed by atoms with Crippen LogP contribution in [0, 0.1) is 0 Å². The van der Waals surface area contributed by atoms with Gasteiger partial charge in [-0.3, -0.25) is 9.59 Å². The van der Waals surface area contributed by atoms with Gasteiger partial charge in [-0.05, 0) is 35.4 Å². The molecule has 5 nitrogen and oxygen atoms in total. The fourth-order valence-corrected chi connectivity index (χ4v) is 2.82. The third-order valence-electron chi connectivity index (χ3n) is 3.71. The summed E-state index contributed by atoms with van der Waals surface area (Å²) in [5.41, 5.74) is 1.70. The van der Waals surface area contributed by atoms with Crippen LogP contribution in [0.25, 0.3) is 0 Å². The number of nitrogens with one attached hydrogen (secondary N) is 1. The van der Waals surface area contributed by atoms with Gasteiger partial charge in [-0.15, -0.1) is 0 Å². The van der Waals surface area contributed by atoms with Crippen molar-refractivity contribution in [1.82, 2.24) is 5.32 Å². The zero-order valence-corrected chi connectivity index (χ0v) is 15.7. The first-order chi connectivity index (χ1) is 12.0. The van der Waals surface area contributed by atoms with Crippen molar-refractivity contribution in [1.29, 1.82) is 0 Å². The van der Waals surface area contributed by atoms with Gasteiger partial charge in [0.1, 0.15) is 5.75 Å². The Morgan fingerprint density at radius 1 is 1.12 bits per heavy atom. The first-order valence-electron chi connectivity index (χ1n) is 7.76. The Hall–Kier alpha value is -2.34. The summed E-state index contributed by atoms with van der Waals surface area (Å²) in [5, 5.41) is 2.91. The maximum atomic E-state index is 12.4. The molecule has 0 spiro atoms. The van der Waals surface area contributed by atoms with E-state index in [1.807, 2.05) is 48.5 Å². The van der Waals surface area contributed by atoms with Crippen LogP contribution in [-0.2, 0) is 20.7 Å². The Labute approximate surface area is 155 Å². The molecule has 2 aromatic rings. The molecule has 6 heteroatoms. The van der Waals surface area contributed by atoms with Crippen LogP contribution in [0.15, 0.2) is 53.0 Å². The summed E-state index contributed by atoms with van der Waals surface area (Å²) >= 11 is 3.41. The fourth-order valence-electron chi connectivity index (χ4n) is 2.40. The molecule has 2 aromatic carbocycles. The third kappa shape index (κ3) is 5.90. The monoisotopic (exact) mass is 405 g/mol. The van der Waals surface area contributed by atoms with Crippen LogP contribution in [0.1, 0.15) is 23.6 Å². The molecular formula is C19H20BrNO4. The topological polar surface area (TPSA) is 64.6 Å². The normalized spacial score (nSPS) is 11.5. The van der Waals surface area contributed by atoms with Crippen LogP contribution in [0.5, 0.6) is 5.75 Å². The Balaban J connectivity index is 2.09. The molecular weight excluding hydrogens is 386 g/mol. The van der Waals surface area contributed by atoms with Crippen LogP contribution < -0.4 is 10.1 Å². The number of amides is 1. The Morgan fingerprint density at radius 2 is 1.84 bits per heavy atom. The van der Waals surface area contributed by atoms with Gasteiger partial charge in [0.05, 0.1) is 33.1 Å². The van der Waals surface area contributed by atoms with E-state index >= 15 is 0 Å².